The zero-order valence-corrected chi connectivity index (χ0v) is 8.10. The normalized spacial score (nSPS) is 12.5. The minimum absolute atomic E-state index is 0.0255. The van der Waals surface area contributed by atoms with Crippen molar-refractivity contribution >= 4 is 0 Å². The molecule has 4 heteroatoms. The summed E-state index contributed by atoms with van der Waals surface area (Å²) in [5.41, 5.74) is 6.28. The van der Waals surface area contributed by atoms with Gasteiger partial charge in [0.25, 0.3) is 0 Å². The Morgan fingerprint density at radius 1 is 1.50 bits per heavy atom. The topological polar surface area (TPSA) is 75.7 Å². The van der Waals surface area contributed by atoms with E-state index in [2.05, 4.69) is 0 Å². The average molecular weight is 197 g/mol. The number of aliphatic hydroxyl groups excluding tert-OH is 1. The molecule has 0 saturated heterocycles. The van der Waals surface area contributed by atoms with Crippen molar-refractivity contribution in [3.05, 3.63) is 23.8 Å². The standard InChI is InChI=1S/C10H15NO3/c1-14-10-3-2-7(4-9(10)13)8(5-11)6-12/h2-4,8,12-13H,5-6,11H2,1H3. The van der Waals surface area contributed by atoms with Gasteiger partial charge in [-0.15, -0.1) is 0 Å². The second-order valence-corrected chi connectivity index (χ2v) is 3.05. The van der Waals surface area contributed by atoms with Crippen LogP contribution in [0.4, 0.5) is 0 Å². The summed E-state index contributed by atoms with van der Waals surface area (Å²) >= 11 is 0. The zero-order chi connectivity index (χ0) is 10.6. The van der Waals surface area contributed by atoms with Gasteiger partial charge in [-0.3, -0.25) is 0 Å². The molecule has 1 unspecified atom stereocenters. The van der Waals surface area contributed by atoms with Crippen molar-refractivity contribution in [2.75, 3.05) is 20.3 Å². The molecular weight excluding hydrogens is 182 g/mol. The van der Waals surface area contributed by atoms with Gasteiger partial charge in [0.15, 0.2) is 11.5 Å². The van der Waals surface area contributed by atoms with E-state index >= 15 is 0 Å². The van der Waals surface area contributed by atoms with Crippen LogP contribution in [0.1, 0.15) is 11.5 Å². The summed E-state index contributed by atoms with van der Waals surface area (Å²) in [5, 5.41) is 18.5. The molecule has 0 spiro atoms. The van der Waals surface area contributed by atoms with Crippen molar-refractivity contribution in [2.45, 2.75) is 5.92 Å². The summed E-state index contributed by atoms with van der Waals surface area (Å²) < 4.78 is 4.90. The van der Waals surface area contributed by atoms with Crippen LogP contribution >= 0.6 is 0 Å². The lowest BCUT2D eigenvalue weighted by Crippen LogP contribution is -2.15. The number of hydrogen-bond donors (Lipinski definition) is 3. The van der Waals surface area contributed by atoms with Crippen LogP contribution in [0.25, 0.3) is 0 Å². The van der Waals surface area contributed by atoms with Gasteiger partial charge in [-0.1, -0.05) is 6.07 Å². The predicted molar refractivity (Wildman–Crippen MR) is 53.5 cm³/mol. The molecule has 0 heterocycles. The molecule has 4 nitrogen and oxygen atoms in total. The Bertz CT molecular complexity index is 297. The van der Waals surface area contributed by atoms with Gasteiger partial charge in [-0.2, -0.15) is 0 Å². The molecule has 0 bridgehead atoms. The lowest BCUT2D eigenvalue weighted by molar-refractivity contribution is 0.267. The molecule has 78 valence electrons. The molecule has 4 N–H and O–H groups in total. The largest absolute Gasteiger partial charge is 0.504 e. The minimum atomic E-state index is -0.133. The Hall–Kier alpha value is -1.26. The first-order valence-electron chi connectivity index (χ1n) is 4.40. The summed E-state index contributed by atoms with van der Waals surface area (Å²) in [6.45, 7) is 0.324. The smallest absolute Gasteiger partial charge is 0.160 e. The number of phenols is 1. The number of phenolic OH excluding ortho intramolecular Hbond substituents is 1. The first-order valence-corrected chi connectivity index (χ1v) is 4.40. The lowest BCUT2D eigenvalue weighted by Gasteiger charge is -2.13. The van der Waals surface area contributed by atoms with Crippen molar-refractivity contribution in [3.63, 3.8) is 0 Å². The number of ether oxygens (including phenoxy) is 1. The molecule has 0 aromatic heterocycles. The minimum Gasteiger partial charge on any atom is -0.504 e. The molecule has 0 aliphatic rings. The Morgan fingerprint density at radius 2 is 2.21 bits per heavy atom. The van der Waals surface area contributed by atoms with Crippen LogP contribution in [0, 0.1) is 0 Å². The monoisotopic (exact) mass is 197 g/mol. The first kappa shape index (κ1) is 10.8. The molecule has 1 atom stereocenters. The van der Waals surface area contributed by atoms with E-state index in [9.17, 15) is 5.11 Å². The Labute approximate surface area is 82.9 Å². The van der Waals surface area contributed by atoms with Crippen LogP contribution in [0.15, 0.2) is 18.2 Å². The van der Waals surface area contributed by atoms with Crippen LogP contribution < -0.4 is 10.5 Å². The second-order valence-electron chi connectivity index (χ2n) is 3.05. The fraction of sp³-hybridized carbons (Fsp3) is 0.400. The van der Waals surface area contributed by atoms with E-state index in [4.69, 9.17) is 15.6 Å². The Morgan fingerprint density at radius 3 is 2.64 bits per heavy atom. The van der Waals surface area contributed by atoms with E-state index in [-0.39, 0.29) is 18.3 Å². The summed E-state index contributed by atoms with van der Waals surface area (Å²) in [7, 11) is 1.49. The van der Waals surface area contributed by atoms with Crippen LogP contribution in [-0.4, -0.2) is 30.5 Å². The molecule has 0 radical (unpaired) electrons. The quantitative estimate of drug-likeness (QED) is 0.654. The van der Waals surface area contributed by atoms with E-state index in [0.717, 1.165) is 5.56 Å². The Balaban J connectivity index is 2.95. The maximum atomic E-state index is 9.48. The zero-order valence-electron chi connectivity index (χ0n) is 8.10. The highest BCUT2D eigenvalue weighted by Crippen LogP contribution is 2.29. The van der Waals surface area contributed by atoms with E-state index in [1.54, 1.807) is 18.2 Å². The van der Waals surface area contributed by atoms with Crippen molar-refractivity contribution in [1.29, 1.82) is 0 Å². The molecule has 1 aromatic rings. The van der Waals surface area contributed by atoms with Crippen LogP contribution in [0.3, 0.4) is 0 Å². The second kappa shape index (κ2) is 4.83. The molecule has 0 fully saturated rings. The Kier molecular flexibility index (Phi) is 3.73. The van der Waals surface area contributed by atoms with Crippen LogP contribution in [0.5, 0.6) is 11.5 Å². The van der Waals surface area contributed by atoms with Crippen LogP contribution in [0.2, 0.25) is 0 Å². The summed E-state index contributed by atoms with van der Waals surface area (Å²) in [5.74, 6) is 0.353. The molecule has 0 amide bonds. The molecule has 1 rings (SSSR count). The molecular formula is C10H15NO3. The number of nitrogens with two attached hydrogens (primary N) is 1. The highest BCUT2D eigenvalue weighted by Gasteiger charge is 2.10. The van der Waals surface area contributed by atoms with Gasteiger partial charge in [0.1, 0.15) is 0 Å². The van der Waals surface area contributed by atoms with Crippen LogP contribution in [-0.2, 0) is 0 Å². The van der Waals surface area contributed by atoms with Gasteiger partial charge in [-0.05, 0) is 17.7 Å². The highest BCUT2D eigenvalue weighted by atomic mass is 16.5. The number of aromatic hydroxyl groups is 1. The summed E-state index contributed by atoms with van der Waals surface area (Å²) in [6, 6.07) is 5.00. The number of hydrogen-bond acceptors (Lipinski definition) is 4. The molecule has 0 aliphatic carbocycles. The van der Waals surface area contributed by atoms with Gasteiger partial charge in [0.05, 0.1) is 13.7 Å². The van der Waals surface area contributed by atoms with Crippen molar-refractivity contribution in [3.8, 4) is 11.5 Å². The van der Waals surface area contributed by atoms with E-state index in [1.165, 1.54) is 7.11 Å². The summed E-state index contributed by atoms with van der Waals surface area (Å²) in [4.78, 5) is 0. The fourth-order valence-corrected chi connectivity index (χ4v) is 1.28. The third kappa shape index (κ3) is 2.16. The molecule has 1 aromatic carbocycles. The van der Waals surface area contributed by atoms with Crippen molar-refractivity contribution < 1.29 is 14.9 Å². The maximum absolute atomic E-state index is 9.48. The maximum Gasteiger partial charge on any atom is 0.160 e. The first-order chi connectivity index (χ1) is 6.72. The average Bonchev–Trinajstić information content (AvgIpc) is 2.20. The van der Waals surface area contributed by atoms with E-state index in [1.807, 2.05) is 0 Å². The lowest BCUT2D eigenvalue weighted by atomic mass is 10.00. The molecule has 0 saturated carbocycles. The SMILES string of the molecule is COc1ccc(C(CN)CO)cc1O. The van der Waals surface area contributed by atoms with E-state index < -0.39 is 0 Å². The van der Waals surface area contributed by atoms with Gasteiger partial charge < -0.3 is 20.7 Å². The third-order valence-electron chi connectivity index (χ3n) is 2.18. The molecule has 0 aliphatic heterocycles. The van der Waals surface area contributed by atoms with E-state index in [0.29, 0.717) is 12.3 Å². The van der Waals surface area contributed by atoms with Crippen molar-refractivity contribution in [1.82, 2.24) is 0 Å². The van der Waals surface area contributed by atoms with Crippen molar-refractivity contribution in [2.24, 2.45) is 5.73 Å². The summed E-state index contributed by atoms with van der Waals surface area (Å²) in [6.07, 6.45) is 0. The number of aliphatic hydroxyl groups is 1. The highest BCUT2D eigenvalue weighted by molar-refractivity contribution is 5.42. The van der Waals surface area contributed by atoms with Gasteiger partial charge >= 0.3 is 0 Å². The third-order valence-corrected chi connectivity index (χ3v) is 2.18. The number of benzene rings is 1. The number of methoxy groups -OCH3 is 1. The van der Waals surface area contributed by atoms with Gasteiger partial charge in [0, 0.05) is 12.5 Å². The van der Waals surface area contributed by atoms with Gasteiger partial charge in [0.2, 0.25) is 0 Å². The fourth-order valence-electron chi connectivity index (χ4n) is 1.28. The van der Waals surface area contributed by atoms with Gasteiger partial charge in [-0.25, -0.2) is 0 Å². The number of rotatable bonds is 4. The predicted octanol–water partition coefficient (Wildman–Crippen LogP) is 0.435. The molecule has 14 heavy (non-hydrogen) atoms.